The average Bonchev–Trinajstić information content (AvgIpc) is 2.61. The molecule has 4 heteroatoms. The highest BCUT2D eigenvalue weighted by molar-refractivity contribution is 5.89. The van der Waals surface area contributed by atoms with Crippen molar-refractivity contribution < 1.29 is 9.59 Å². The van der Waals surface area contributed by atoms with E-state index in [2.05, 4.69) is 13.8 Å². The number of likely N-dealkylation sites (tertiary alicyclic amines) is 1. The van der Waals surface area contributed by atoms with Crippen LogP contribution in [-0.2, 0) is 9.59 Å². The fraction of sp³-hybridized carbons (Fsp3) is 0.846. The Morgan fingerprint density at radius 2 is 2.00 bits per heavy atom. The second-order valence-corrected chi connectivity index (χ2v) is 5.10. The molecule has 17 heavy (non-hydrogen) atoms. The Kier molecular flexibility index (Phi) is 4.97. The summed E-state index contributed by atoms with van der Waals surface area (Å²) in [5.74, 6) is 0.598. The van der Waals surface area contributed by atoms with Crippen LogP contribution >= 0.6 is 0 Å². The molecule has 0 saturated carbocycles. The molecular weight excluding hydrogens is 216 g/mol. The fourth-order valence-corrected chi connectivity index (χ4v) is 2.35. The molecule has 1 rings (SSSR count). The summed E-state index contributed by atoms with van der Waals surface area (Å²) in [5, 5.41) is 0. The van der Waals surface area contributed by atoms with Gasteiger partial charge in [0.05, 0.1) is 5.92 Å². The smallest absolute Gasteiger partial charge is 0.227 e. The van der Waals surface area contributed by atoms with Crippen molar-refractivity contribution in [3.63, 3.8) is 0 Å². The molecule has 0 aromatic rings. The molecule has 0 N–H and O–H groups in total. The lowest BCUT2D eigenvalue weighted by Gasteiger charge is -2.23. The Labute approximate surface area is 104 Å². The van der Waals surface area contributed by atoms with Crippen LogP contribution in [-0.4, -0.2) is 47.8 Å². The average molecular weight is 240 g/mol. The number of hydrogen-bond donors (Lipinski definition) is 0. The second kappa shape index (κ2) is 6.03. The molecule has 0 aromatic heterocycles. The van der Waals surface area contributed by atoms with Crippen molar-refractivity contribution in [2.75, 3.05) is 26.2 Å². The first-order chi connectivity index (χ1) is 7.99. The summed E-state index contributed by atoms with van der Waals surface area (Å²) >= 11 is 0. The first kappa shape index (κ1) is 14.0. The van der Waals surface area contributed by atoms with Gasteiger partial charge in [-0.3, -0.25) is 9.59 Å². The number of carbonyl (C=O) groups is 2. The third-order valence-corrected chi connectivity index (χ3v) is 3.22. The van der Waals surface area contributed by atoms with Gasteiger partial charge in [-0.25, -0.2) is 0 Å². The molecule has 1 saturated heterocycles. The molecule has 0 aromatic carbocycles. The molecule has 1 aliphatic heterocycles. The van der Waals surface area contributed by atoms with Crippen molar-refractivity contribution >= 4 is 11.8 Å². The predicted molar refractivity (Wildman–Crippen MR) is 67.5 cm³/mol. The van der Waals surface area contributed by atoms with Gasteiger partial charge in [-0.05, 0) is 19.8 Å². The van der Waals surface area contributed by atoms with Crippen molar-refractivity contribution in [2.24, 2.45) is 11.8 Å². The van der Waals surface area contributed by atoms with E-state index in [0.29, 0.717) is 18.9 Å². The highest BCUT2D eigenvalue weighted by atomic mass is 16.2. The van der Waals surface area contributed by atoms with E-state index in [9.17, 15) is 9.59 Å². The predicted octanol–water partition coefficient (Wildman–Crippen LogP) is 1.36. The van der Waals surface area contributed by atoms with Crippen LogP contribution in [0, 0.1) is 11.8 Å². The third kappa shape index (κ3) is 3.45. The summed E-state index contributed by atoms with van der Waals surface area (Å²) in [5.41, 5.74) is 0. The molecule has 1 heterocycles. The molecule has 0 radical (unpaired) electrons. The van der Waals surface area contributed by atoms with E-state index in [4.69, 9.17) is 0 Å². The molecule has 1 atom stereocenters. The summed E-state index contributed by atoms with van der Waals surface area (Å²) in [4.78, 5) is 27.6. The topological polar surface area (TPSA) is 40.6 Å². The summed E-state index contributed by atoms with van der Waals surface area (Å²) in [6.45, 7) is 11.0. The van der Waals surface area contributed by atoms with Gasteiger partial charge in [-0.2, -0.15) is 0 Å². The van der Waals surface area contributed by atoms with Crippen molar-refractivity contribution in [2.45, 2.75) is 34.1 Å². The van der Waals surface area contributed by atoms with E-state index in [0.717, 1.165) is 19.6 Å². The Bertz CT molecular complexity index is 285. The Morgan fingerprint density at radius 3 is 2.47 bits per heavy atom. The molecular formula is C13H24N2O2. The number of amides is 2. The fourth-order valence-electron chi connectivity index (χ4n) is 2.35. The van der Waals surface area contributed by atoms with Crippen LogP contribution < -0.4 is 0 Å². The molecule has 1 fully saturated rings. The minimum Gasteiger partial charge on any atom is -0.343 e. The molecule has 4 nitrogen and oxygen atoms in total. The van der Waals surface area contributed by atoms with Crippen LogP contribution in [0.25, 0.3) is 0 Å². The van der Waals surface area contributed by atoms with Crippen LogP contribution in [0.5, 0.6) is 0 Å². The van der Waals surface area contributed by atoms with Crippen LogP contribution in [0.2, 0.25) is 0 Å². The van der Waals surface area contributed by atoms with E-state index in [1.165, 1.54) is 0 Å². The largest absolute Gasteiger partial charge is 0.343 e. The number of rotatable bonds is 5. The Hall–Kier alpha value is -1.06. The van der Waals surface area contributed by atoms with E-state index < -0.39 is 0 Å². The molecule has 0 aliphatic carbocycles. The first-order valence-corrected chi connectivity index (χ1v) is 6.56. The van der Waals surface area contributed by atoms with Crippen LogP contribution in [0.4, 0.5) is 0 Å². The minimum absolute atomic E-state index is 0.124. The minimum atomic E-state index is -0.124. The van der Waals surface area contributed by atoms with Crippen molar-refractivity contribution in [1.82, 2.24) is 9.80 Å². The zero-order chi connectivity index (χ0) is 13.0. The lowest BCUT2D eigenvalue weighted by Crippen LogP contribution is -2.37. The van der Waals surface area contributed by atoms with Gasteiger partial charge < -0.3 is 9.80 Å². The summed E-state index contributed by atoms with van der Waals surface area (Å²) in [6, 6.07) is 0. The van der Waals surface area contributed by atoms with Gasteiger partial charge in [0.25, 0.3) is 0 Å². The van der Waals surface area contributed by atoms with E-state index in [1.807, 2.05) is 23.6 Å². The Balaban J connectivity index is 2.59. The maximum Gasteiger partial charge on any atom is 0.227 e. The van der Waals surface area contributed by atoms with Crippen LogP contribution in [0.3, 0.4) is 0 Å². The normalized spacial score (nSPS) is 20.2. The standard InChI is InChI=1S/C13H24N2O2/c1-5-14(6-2)13(17)11-7-12(16)15(9-11)8-10(3)4/h10-11H,5-9H2,1-4H3. The molecule has 98 valence electrons. The van der Waals surface area contributed by atoms with Gasteiger partial charge in [0, 0.05) is 32.6 Å². The van der Waals surface area contributed by atoms with Crippen LogP contribution in [0.1, 0.15) is 34.1 Å². The second-order valence-electron chi connectivity index (χ2n) is 5.10. The van der Waals surface area contributed by atoms with Gasteiger partial charge in [-0.1, -0.05) is 13.8 Å². The zero-order valence-corrected chi connectivity index (χ0v) is 11.4. The van der Waals surface area contributed by atoms with Gasteiger partial charge >= 0.3 is 0 Å². The number of carbonyl (C=O) groups excluding carboxylic acids is 2. The SMILES string of the molecule is CCN(CC)C(=O)C1CC(=O)N(CC(C)C)C1. The van der Waals surface area contributed by atoms with Gasteiger partial charge in [0.15, 0.2) is 0 Å². The first-order valence-electron chi connectivity index (χ1n) is 6.56. The highest BCUT2D eigenvalue weighted by Gasteiger charge is 2.35. The molecule has 1 unspecified atom stereocenters. The molecule has 0 spiro atoms. The number of hydrogen-bond acceptors (Lipinski definition) is 2. The quantitative estimate of drug-likeness (QED) is 0.728. The monoisotopic (exact) mass is 240 g/mol. The maximum atomic E-state index is 12.1. The maximum absolute atomic E-state index is 12.1. The lowest BCUT2D eigenvalue weighted by atomic mass is 10.1. The number of nitrogens with zero attached hydrogens (tertiary/aromatic N) is 2. The van der Waals surface area contributed by atoms with Crippen LogP contribution in [0.15, 0.2) is 0 Å². The lowest BCUT2D eigenvalue weighted by molar-refractivity contribution is -0.135. The van der Waals surface area contributed by atoms with E-state index in [1.54, 1.807) is 0 Å². The van der Waals surface area contributed by atoms with Crippen molar-refractivity contribution in [3.8, 4) is 0 Å². The van der Waals surface area contributed by atoms with E-state index >= 15 is 0 Å². The van der Waals surface area contributed by atoms with Crippen molar-refractivity contribution in [3.05, 3.63) is 0 Å². The highest BCUT2D eigenvalue weighted by Crippen LogP contribution is 2.21. The summed E-state index contributed by atoms with van der Waals surface area (Å²) < 4.78 is 0. The molecule has 0 bridgehead atoms. The molecule has 1 aliphatic rings. The summed E-state index contributed by atoms with van der Waals surface area (Å²) in [6.07, 6.45) is 0.391. The van der Waals surface area contributed by atoms with Gasteiger partial charge in [-0.15, -0.1) is 0 Å². The van der Waals surface area contributed by atoms with Gasteiger partial charge in [0.1, 0.15) is 0 Å². The van der Waals surface area contributed by atoms with Crippen molar-refractivity contribution in [1.29, 1.82) is 0 Å². The molecule has 2 amide bonds. The third-order valence-electron chi connectivity index (χ3n) is 3.22. The zero-order valence-electron chi connectivity index (χ0n) is 11.4. The van der Waals surface area contributed by atoms with E-state index in [-0.39, 0.29) is 17.7 Å². The summed E-state index contributed by atoms with van der Waals surface area (Å²) in [7, 11) is 0. The Morgan fingerprint density at radius 1 is 1.41 bits per heavy atom. The van der Waals surface area contributed by atoms with Gasteiger partial charge in [0.2, 0.25) is 11.8 Å².